The van der Waals surface area contributed by atoms with Crippen LogP contribution in [0.3, 0.4) is 0 Å². The fourth-order valence-electron chi connectivity index (χ4n) is 1.66. The number of halogens is 2. The van der Waals surface area contributed by atoms with E-state index in [0.717, 1.165) is 12.1 Å². The quantitative estimate of drug-likeness (QED) is 0.814. The fraction of sp³-hybridized carbons (Fsp3) is 0.462. The van der Waals surface area contributed by atoms with Gasteiger partial charge >= 0.3 is 0 Å². The van der Waals surface area contributed by atoms with Crippen molar-refractivity contribution < 1.29 is 4.39 Å². The van der Waals surface area contributed by atoms with Gasteiger partial charge in [-0.2, -0.15) is 0 Å². The maximum Gasteiger partial charge on any atom is 0.142 e. The summed E-state index contributed by atoms with van der Waals surface area (Å²) in [6.07, 6.45) is 0.653. The minimum atomic E-state index is -0.382. The largest absolute Gasteiger partial charge is 0.393 e. The predicted molar refractivity (Wildman–Crippen MR) is 78.4 cm³/mol. The summed E-state index contributed by atoms with van der Waals surface area (Å²) in [6, 6.07) is 5.18. The maximum absolute atomic E-state index is 13.4. The molecule has 0 unspecified atom stereocenters. The Bertz CT molecular complexity index is 423. The molecule has 0 radical (unpaired) electrons. The van der Waals surface area contributed by atoms with E-state index < -0.39 is 0 Å². The molecule has 18 heavy (non-hydrogen) atoms. The Hall–Kier alpha value is -0.710. The third-order valence-corrected chi connectivity index (χ3v) is 3.41. The highest BCUT2D eigenvalue weighted by Crippen LogP contribution is 2.22. The Morgan fingerprint density at radius 3 is 2.72 bits per heavy atom. The Balaban J connectivity index is 2.77. The van der Waals surface area contributed by atoms with Crippen molar-refractivity contribution in [2.45, 2.75) is 32.9 Å². The van der Waals surface area contributed by atoms with E-state index in [-0.39, 0.29) is 10.8 Å². The number of hydrogen-bond donors (Lipinski definition) is 1. The summed E-state index contributed by atoms with van der Waals surface area (Å²) >= 11 is 10.8. The number of hydrogen-bond acceptors (Lipinski definition) is 2. The molecule has 0 aliphatic heterocycles. The Labute approximate surface area is 118 Å². The average molecular weight is 289 g/mol. The number of benzene rings is 1. The molecule has 0 bridgehead atoms. The first-order chi connectivity index (χ1) is 8.41. The highest BCUT2D eigenvalue weighted by atomic mass is 35.5. The van der Waals surface area contributed by atoms with E-state index in [2.05, 4.69) is 18.7 Å². The van der Waals surface area contributed by atoms with Crippen LogP contribution in [0.25, 0.3) is 0 Å². The van der Waals surface area contributed by atoms with Gasteiger partial charge in [0.15, 0.2) is 0 Å². The molecule has 0 saturated heterocycles. The van der Waals surface area contributed by atoms with Crippen molar-refractivity contribution in [2.75, 3.05) is 6.54 Å². The van der Waals surface area contributed by atoms with E-state index in [1.165, 1.54) is 6.07 Å². The Morgan fingerprint density at radius 1 is 1.50 bits per heavy atom. The van der Waals surface area contributed by atoms with E-state index in [9.17, 15) is 4.39 Å². The van der Waals surface area contributed by atoms with Gasteiger partial charge in [0.1, 0.15) is 5.82 Å². The molecule has 2 nitrogen and oxygen atoms in total. The second-order valence-electron chi connectivity index (χ2n) is 4.49. The van der Waals surface area contributed by atoms with Crippen LogP contribution in [0.15, 0.2) is 18.2 Å². The van der Waals surface area contributed by atoms with Crippen molar-refractivity contribution in [1.82, 2.24) is 4.90 Å². The normalized spacial score (nSPS) is 11.2. The van der Waals surface area contributed by atoms with E-state index in [4.69, 9.17) is 29.6 Å². The van der Waals surface area contributed by atoms with Crippen molar-refractivity contribution in [1.29, 1.82) is 0 Å². The van der Waals surface area contributed by atoms with Gasteiger partial charge in [-0.15, -0.1) is 0 Å². The summed E-state index contributed by atoms with van der Waals surface area (Å²) in [6.45, 7) is 5.50. The highest BCUT2D eigenvalue weighted by molar-refractivity contribution is 7.80. The Kier molecular flexibility index (Phi) is 5.99. The van der Waals surface area contributed by atoms with Crippen molar-refractivity contribution in [3.8, 4) is 0 Å². The lowest BCUT2D eigenvalue weighted by molar-refractivity contribution is 0.219. The van der Waals surface area contributed by atoms with Crippen molar-refractivity contribution in [2.24, 2.45) is 5.73 Å². The van der Waals surface area contributed by atoms with Crippen LogP contribution in [0.5, 0.6) is 0 Å². The third-order valence-electron chi connectivity index (χ3n) is 2.78. The average Bonchev–Trinajstić information content (AvgIpc) is 2.29. The lowest BCUT2D eigenvalue weighted by Gasteiger charge is -2.26. The van der Waals surface area contributed by atoms with E-state index in [1.807, 2.05) is 6.07 Å². The number of nitrogens with two attached hydrogens (primary N) is 1. The SMILES string of the molecule is CC(C)N(CCC(N)=S)Cc1cccc(F)c1Cl. The molecule has 100 valence electrons. The van der Waals surface area contributed by atoms with Gasteiger partial charge in [-0.1, -0.05) is 36.0 Å². The summed E-state index contributed by atoms with van der Waals surface area (Å²) in [5, 5.41) is 0.193. The van der Waals surface area contributed by atoms with E-state index >= 15 is 0 Å². The van der Waals surface area contributed by atoms with Gasteiger partial charge in [0.2, 0.25) is 0 Å². The number of nitrogens with zero attached hydrogens (tertiary/aromatic N) is 1. The highest BCUT2D eigenvalue weighted by Gasteiger charge is 2.13. The van der Waals surface area contributed by atoms with Gasteiger partial charge in [-0.05, 0) is 25.5 Å². The van der Waals surface area contributed by atoms with Gasteiger partial charge in [-0.25, -0.2) is 4.39 Å². The first-order valence-electron chi connectivity index (χ1n) is 5.87. The molecule has 0 fully saturated rings. The van der Waals surface area contributed by atoms with Crippen molar-refractivity contribution >= 4 is 28.8 Å². The van der Waals surface area contributed by atoms with Crippen molar-refractivity contribution in [3.05, 3.63) is 34.6 Å². The monoisotopic (exact) mass is 288 g/mol. The molecule has 0 amide bonds. The molecule has 2 N–H and O–H groups in total. The smallest absolute Gasteiger partial charge is 0.142 e. The molecule has 0 atom stereocenters. The standard InChI is InChI=1S/C13H18ClFN2S/c1-9(2)17(7-6-12(16)18)8-10-4-3-5-11(15)13(10)14/h3-5,9H,6-8H2,1-2H3,(H2,16,18). The van der Waals surface area contributed by atoms with Crippen LogP contribution in [0.4, 0.5) is 4.39 Å². The minimum Gasteiger partial charge on any atom is -0.393 e. The first-order valence-corrected chi connectivity index (χ1v) is 6.65. The molecular formula is C13H18ClFN2S. The summed E-state index contributed by atoms with van der Waals surface area (Å²) in [5.74, 6) is -0.382. The number of thiocarbonyl (C=S) groups is 1. The second-order valence-corrected chi connectivity index (χ2v) is 5.40. The molecule has 1 aromatic carbocycles. The fourth-order valence-corrected chi connectivity index (χ4v) is 1.94. The van der Waals surface area contributed by atoms with Gasteiger partial charge in [-0.3, -0.25) is 4.90 Å². The van der Waals surface area contributed by atoms with E-state index in [0.29, 0.717) is 24.0 Å². The van der Waals surface area contributed by atoms with Crippen LogP contribution < -0.4 is 5.73 Å². The topological polar surface area (TPSA) is 29.3 Å². The van der Waals surface area contributed by atoms with Crippen LogP contribution >= 0.6 is 23.8 Å². The van der Waals surface area contributed by atoms with Gasteiger partial charge in [0, 0.05) is 25.6 Å². The lowest BCUT2D eigenvalue weighted by atomic mass is 10.1. The van der Waals surface area contributed by atoms with Crippen molar-refractivity contribution in [3.63, 3.8) is 0 Å². The third kappa shape index (κ3) is 4.52. The summed E-state index contributed by atoms with van der Waals surface area (Å²) < 4.78 is 13.4. The first kappa shape index (κ1) is 15.3. The summed E-state index contributed by atoms with van der Waals surface area (Å²) in [5.41, 5.74) is 6.29. The van der Waals surface area contributed by atoms with Crippen LogP contribution in [0.2, 0.25) is 5.02 Å². The second kappa shape index (κ2) is 7.02. The molecule has 5 heteroatoms. The molecule has 0 aliphatic carbocycles. The zero-order valence-electron chi connectivity index (χ0n) is 10.6. The van der Waals surface area contributed by atoms with E-state index in [1.54, 1.807) is 6.07 Å². The maximum atomic E-state index is 13.4. The summed E-state index contributed by atoms with van der Waals surface area (Å²) in [7, 11) is 0. The van der Waals surface area contributed by atoms with Crippen LogP contribution in [0, 0.1) is 5.82 Å². The molecule has 0 saturated carbocycles. The molecule has 0 heterocycles. The lowest BCUT2D eigenvalue weighted by Crippen LogP contribution is -2.33. The van der Waals surface area contributed by atoms with Crippen LogP contribution in [0.1, 0.15) is 25.8 Å². The van der Waals surface area contributed by atoms with Gasteiger partial charge < -0.3 is 5.73 Å². The molecule has 1 aromatic rings. The number of rotatable bonds is 6. The summed E-state index contributed by atoms with van der Waals surface area (Å²) in [4.78, 5) is 2.66. The zero-order chi connectivity index (χ0) is 13.7. The predicted octanol–water partition coefficient (Wildman–Crippen LogP) is 3.37. The molecule has 0 aromatic heterocycles. The van der Waals surface area contributed by atoms with Crippen LogP contribution in [-0.2, 0) is 6.54 Å². The van der Waals surface area contributed by atoms with Crippen LogP contribution in [-0.4, -0.2) is 22.5 Å². The molecule has 1 rings (SSSR count). The minimum absolute atomic E-state index is 0.193. The molecule has 0 aliphatic rings. The Morgan fingerprint density at radius 2 is 2.17 bits per heavy atom. The zero-order valence-corrected chi connectivity index (χ0v) is 12.2. The van der Waals surface area contributed by atoms with Gasteiger partial charge in [0.25, 0.3) is 0 Å². The molecular weight excluding hydrogens is 271 g/mol. The molecule has 0 spiro atoms. The van der Waals surface area contributed by atoms with Gasteiger partial charge in [0.05, 0.1) is 10.0 Å².